The van der Waals surface area contributed by atoms with Crippen LogP contribution in [0.3, 0.4) is 0 Å². The summed E-state index contributed by atoms with van der Waals surface area (Å²) in [6.07, 6.45) is -1.12. The van der Waals surface area contributed by atoms with Gasteiger partial charge < -0.3 is 15.1 Å². The highest BCUT2D eigenvalue weighted by molar-refractivity contribution is 7.92. The zero-order chi connectivity index (χ0) is 32.0. The highest BCUT2D eigenvalue weighted by atomic mass is 32.2. The average Bonchev–Trinajstić information content (AvgIpc) is 3.38. The van der Waals surface area contributed by atoms with Gasteiger partial charge in [-0.05, 0) is 55.0 Å². The molecule has 0 amide bonds. The lowest BCUT2D eigenvalue weighted by Crippen LogP contribution is -2.24. The molecule has 9 nitrogen and oxygen atoms in total. The van der Waals surface area contributed by atoms with Crippen LogP contribution in [0.5, 0.6) is 0 Å². The number of unbranched alkanes of at least 4 members (excludes halogenated alkanes) is 1. The van der Waals surface area contributed by atoms with Gasteiger partial charge in [0.2, 0.25) is 10.0 Å². The van der Waals surface area contributed by atoms with Crippen LogP contribution in [0.4, 0.5) is 33.3 Å². The first-order valence-electron chi connectivity index (χ1n) is 13.1. The molecule has 0 bridgehead atoms. The lowest BCUT2D eigenvalue weighted by Gasteiger charge is -2.22. The molecule has 2 aromatic rings. The van der Waals surface area contributed by atoms with Crippen molar-refractivity contribution in [2.75, 3.05) is 29.0 Å². The molecule has 15 heteroatoms. The van der Waals surface area contributed by atoms with Gasteiger partial charge in [0, 0.05) is 13.1 Å². The van der Waals surface area contributed by atoms with Crippen LogP contribution in [0.15, 0.2) is 24.3 Å². The Hall–Kier alpha value is -3.49. The lowest BCUT2D eigenvalue weighted by molar-refractivity contribution is -0.142. The van der Waals surface area contributed by atoms with Crippen LogP contribution >= 0.6 is 0 Å². The summed E-state index contributed by atoms with van der Waals surface area (Å²) in [6, 6.07) is 4.26. The van der Waals surface area contributed by atoms with Crippen LogP contribution in [-0.2, 0) is 32.2 Å². The maximum atomic E-state index is 13.8. The largest absolute Gasteiger partial charge is 0.481 e. The Balaban J connectivity index is 0.000000295. The zero-order valence-corrected chi connectivity index (χ0v) is 24.3. The molecule has 3 rings (SSSR count). The van der Waals surface area contributed by atoms with Gasteiger partial charge in [0.1, 0.15) is 11.4 Å². The summed E-state index contributed by atoms with van der Waals surface area (Å²) in [7, 11) is -3.81. The van der Waals surface area contributed by atoms with Gasteiger partial charge in [0.05, 0.1) is 29.5 Å². The van der Waals surface area contributed by atoms with Gasteiger partial charge >= 0.3 is 18.1 Å². The summed E-state index contributed by atoms with van der Waals surface area (Å²) in [5.41, 5.74) is -0.482. The Morgan fingerprint density at radius 3 is 2.19 bits per heavy atom. The number of aromatic nitrogens is 1. The second kappa shape index (κ2) is 14.1. The molecule has 1 fully saturated rings. The minimum atomic E-state index is -4.46. The number of pyridine rings is 1. The highest BCUT2D eigenvalue weighted by Gasteiger charge is 2.35. The van der Waals surface area contributed by atoms with E-state index < -0.39 is 68.9 Å². The number of rotatable bonds is 10. The second-order valence-electron chi connectivity index (χ2n) is 10.2. The number of nitrogens with one attached hydrogen (secondary N) is 1. The fraction of sp³-hybridized carbons (Fsp3) is 0.519. The number of hydrogen-bond acceptors (Lipinski definition) is 6. The predicted molar refractivity (Wildman–Crippen MR) is 146 cm³/mol. The summed E-state index contributed by atoms with van der Waals surface area (Å²) in [6.45, 7) is 5.76. The molecule has 0 spiro atoms. The van der Waals surface area contributed by atoms with Crippen LogP contribution in [0, 0.1) is 23.5 Å². The van der Waals surface area contributed by atoms with Crippen molar-refractivity contribution in [2.24, 2.45) is 11.8 Å². The summed E-state index contributed by atoms with van der Waals surface area (Å²) in [5, 5.41) is 17.9. The van der Waals surface area contributed by atoms with Crippen LogP contribution in [-0.4, -0.2) is 54.9 Å². The number of benzene rings is 1. The molecule has 0 saturated carbocycles. The van der Waals surface area contributed by atoms with Gasteiger partial charge in [-0.15, -0.1) is 0 Å². The van der Waals surface area contributed by atoms with E-state index >= 15 is 0 Å². The third-order valence-corrected chi connectivity index (χ3v) is 7.48. The first kappa shape index (κ1) is 34.7. The van der Waals surface area contributed by atoms with Crippen LogP contribution in [0.2, 0.25) is 0 Å². The number of hydrogen-bond donors (Lipinski definition) is 3. The SMILES string of the molecule is CC(C(=O)O)C(C)c1cc(F)c(NS(C)(=O)=O)c(F)c1.CCCCc1nc(C(F)(F)F)ccc1N1CCC(C(=O)O)C1. The number of nitrogens with zero attached hydrogens (tertiary/aromatic N) is 2. The Kier molecular flexibility index (Phi) is 11.7. The molecule has 42 heavy (non-hydrogen) atoms. The van der Waals surface area contributed by atoms with E-state index in [0.29, 0.717) is 37.3 Å². The maximum Gasteiger partial charge on any atom is 0.433 e. The third-order valence-electron chi connectivity index (χ3n) is 6.90. The second-order valence-corrected chi connectivity index (χ2v) is 11.9. The molecule has 3 unspecified atom stereocenters. The van der Waals surface area contributed by atoms with E-state index in [2.05, 4.69) is 4.98 Å². The monoisotopic (exact) mass is 623 g/mol. The standard InChI is InChI=1S/C15H19F3N2O2.C12H15F2NO4S/c1-2-3-4-11-12(5-6-13(19-11)15(16,17)18)20-8-7-10(9-20)14(21)22;1-6(7(2)12(16)17)8-4-9(13)11(10(14)5-8)15-20(3,18)19/h5-6,10H,2-4,7-9H2,1H3,(H,21,22);4-7,15H,1-3H3,(H,16,17). The van der Waals surface area contributed by atoms with Crippen LogP contribution < -0.4 is 9.62 Å². The predicted octanol–water partition coefficient (Wildman–Crippen LogP) is 5.51. The van der Waals surface area contributed by atoms with Crippen molar-refractivity contribution in [1.29, 1.82) is 0 Å². The lowest BCUT2D eigenvalue weighted by atomic mass is 9.89. The number of alkyl halides is 3. The molecule has 3 atom stereocenters. The molecule has 1 aliphatic heterocycles. The smallest absolute Gasteiger partial charge is 0.433 e. The highest BCUT2D eigenvalue weighted by Crippen LogP contribution is 2.33. The summed E-state index contributed by atoms with van der Waals surface area (Å²) in [4.78, 5) is 27.5. The van der Waals surface area contributed by atoms with E-state index in [1.165, 1.54) is 19.9 Å². The number of anilines is 2. The molecular formula is C27H34F5N3O6S. The van der Waals surface area contributed by atoms with E-state index in [1.807, 2.05) is 11.8 Å². The topological polar surface area (TPSA) is 137 Å². The van der Waals surface area contributed by atoms with Gasteiger partial charge in [0.25, 0.3) is 0 Å². The maximum absolute atomic E-state index is 13.8. The number of aryl methyl sites for hydroxylation is 1. The molecule has 2 heterocycles. The fourth-order valence-electron chi connectivity index (χ4n) is 4.29. The van der Waals surface area contributed by atoms with Crippen molar-refractivity contribution in [1.82, 2.24) is 4.98 Å². The van der Waals surface area contributed by atoms with Gasteiger partial charge in [-0.1, -0.05) is 27.2 Å². The number of aliphatic carboxylic acids is 2. The Morgan fingerprint density at radius 1 is 1.14 bits per heavy atom. The van der Waals surface area contributed by atoms with Crippen molar-refractivity contribution < 1.29 is 50.2 Å². The number of carboxylic acids is 2. The molecule has 1 aliphatic rings. The Labute approximate surface area is 240 Å². The number of sulfonamides is 1. The Bertz CT molecular complexity index is 1360. The molecule has 1 aromatic heterocycles. The molecule has 0 radical (unpaired) electrons. The number of halogens is 5. The van der Waals surface area contributed by atoms with Gasteiger partial charge in [-0.3, -0.25) is 14.3 Å². The molecular weight excluding hydrogens is 589 g/mol. The van der Waals surface area contributed by atoms with E-state index in [-0.39, 0.29) is 5.56 Å². The summed E-state index contributed by atoms with van der Waals surface area (Å²) < 4.78 is 89.7. The van der Waals surface area contributed by atoms with E-state index in [1.54, 1.807) is 4.72 Å². The normalized spacial score (nSPS) is 16.8. The molecule has 0 aliphatic carbocycles. The van der Waals surface area contributed by atoms with Gasteiger partial charge in [-0.2, -0.15) is 13.2 Å². The number of carbonyl (C=O) groups is 2. The van der Waals surface area contributed by atoms with E-state index in [4.69, 9.17) is 10.2 Å². The third kappa shape index (κ3) is 9.53. The minimum Gasteiger partial charge on any atom is -0.481 e. The van der Waals surface area contributed by atoms with E-state index in [0.717, 1.165) is 37.3 Å². The first-order valence-corrected chi connectivity index (χ1v) is 15.0. The van der Waals surface area contributed by atoms with Crippen molar-refractivity contribution in [3.63, 3.8) is 0 Å². The number of carboxylic acid groups (broad SMARTS) is 2. The quantitative estimate of drug-likeness (QED) is 0.295. The Morgan fingerprint density at radius 2 is 1.74 bits per heavy atom. The summed E-state index contributed by atoms with van der Waals surface area (Å²) in [5.74, 6) is -6.05. The molecule has 1 aromatic carbocycles. The molecule has 234 valence electrons. The first-order chi connectivity index (χ1) is 19.4. The minimum absolute atomic E-state index is 0.147. The fourth-order valence-corrected chi connectivity index (χ4v) is 4.86. The van der Waals surface area contributed by atoms with E-state index in [9.17, 15) is 40.0 Å². The van der Waals surface area contributed by atoms with Crippen molar-refractivity contribution in [2.45, 2.75) is 58.5 Å². The van der Waals surface area contributed by atoms with Crippen molar-refractivity contribution in [3.8, 4) is 0 Å². The van der Waals surface area contributed by atoms with Crippen LogP contribution in [0.25, 0.3) is 0 Å². The van der Waals surface area contributed by atoms with Crippen molar-refractivity contribution >= 4 is 33.3 Å². The molecule has 3 N–H and O–H groups in total. The summed E-state index contributed by atoms with van der Waals surface area (Å²) >= 11 is 0. The van der Waals surface area contributed by atoms with Gasteiger partial charge in [0.15, 0.2) is 11.6 Å². The average molecular weight is 624 g/mol. The molecule has 1 saturated heterocycles. The van der Waals surface area contributed by atoms with Gasteiger partial charge in [-0.25, -0.2) is 22.2 Å². The van der Waals surface area contributed by atoms with Crippen LogP contribution in [0.1, 0.15) is 62.9 Å². The zero-order valence-electron chi connectivity index (χ0n) is 23.5. The van der Waals surface area contributed by atoms with Crippen molar-refractivity contribution in [3.05, 3.63) is 52.9 Å².